The molecule has 0 radical (unpaired) electrons. The molecule has 0 aromatic heterocycles. The van der Waals surface area contributed by atoms with E-state index in [4.69, 9.17) is 0 Å². The second-order valence-electron chi connectivity index (χ2n) is 5.19. The number of aryl methyl sites for hydroxylation is 1. The lowest BCUT2D eigenvalue weighted by Crippen LogP contribution is -2.19. The van der Waals surface area contributed by atoms with Crippen LogP contribution in [0.5, 0.6) is 0 Å². The zero-order valence-electron chi connectivity index (χ0n) is 12.2. The van der Waals surface area contributed by atoms with Crippen LogP contribution in [0.15, 0.2) is 24.3 Å². The summed E-state index contributed by atoms with van der Waals surface area (Å²) in [5, 5.41) is 3.42. The topological polar surface area (TPSA) is 12.0 Å². The van der Waals surface area contributed by atoms with Crippen molar-refractivity contribution in [3.05, 3.63) is 35.4 Å². The summed E-state index contributed by atoms with van der Waals surface area (Å²) >= 11 is 2.06. The standard InChI is InChI=1S/C16H27NS/c1-5-14-6-8-15(9-7-14)16(17-4)12-18-11-10-13(2)3/h6-9,13,16-17H,5,10-12H2,1-4H3. The molecule has 0 saturated heterocycles. The zero-order valence-corrected chi connectivity index (χ0v) is 13.0. The van der Waals surface area contributed by atoms with E-state index in [1.807, 2.05) is 0 Å². The Morgan fingerprint density at radius 3 is 2.33 bits per heavy atom. The third-order valence-electron chi connectivity index (χ3n) is 3.26. The van der Waals surface area contributed by atoms with Crippen LogP contribution in [0, 0.1) is 5.92 Å². The van der Waals surface area contributed by atoms with E-state index in [-0.39, 0.29) is 0 Å². The second-order valence-corrected chi connectivity index (χ2v) is 6.34. The van der Waals surface area contributed by atoms with Crippen LogP contribution < -0.4 is 5.32 Å². The first-order valence-corrected chi connectivity index (χ1v) is 8.16. The number of hydrogen-bond donors (Lipinski definition) is 1. The Bertz CT molecular complexity index is 318. The SMILES string of the molecule is CCc1ccc(C(CSCCC(C)C)NC)cc1. The van der Waals surface area contributed by atoms with Crippen molar-refractivity contribution in [2.45, 2.75) is 39.7 Å². The molecule has 102 valence electrons. The van der Waals surface area contributed by atoms with Gasteiger partial charge in [-0.3, -0.25) is 0 Å². The normalized spacial score (nSPS) is 12.9. The first-order valence-electron chi connectivity index (χ1n) is 7.01. The van der Waals surface area contributed by atoms with Crippen LogP contribution in [0.3, 0.4) is 0 Å². The minimum absolute atomic E-state index is 0.480. The third kappa shape index (κ3) is 5.45. The summed E-state index contributed by atoms with van der Waals surface area (Å²) in [4.78, 5) is 0. The maximum Gasteiger partial charge on any atom is 0.0409 e. The predicted octanol–water partition coefficient (Wildman–Crippen LogP) is 4.29. The maximum atomic E-state index is 3.42. The molecule has 1 rings (SSSR count). The first-order chi connectivity index (χ1) is 8.67. The van der Waals surface area contributed by atoms with Crippen LogP contribution in [0.1, 0.15) is 44.4 Å². The fourth-order valence-corrected chi connectivity index (χ4v) is 3.25. The molecule has 0 aliphatic carbocycles. The highest BCUT2D eigenvalue weighted by Crippen LogP contribution is 2.20. The van der Waals surface area contributed by atoms with Crippen LogP contribution in [-0.2, 0) is 6.42 Å². The molecule has 0 fully saturated rings. The second kappa shape index (κ2) is 8.60. The minimum atomic E-state index is 0.480. The summed E-state index contributed by atoms with van der Waals surface area (Å²) in [5.41, 5.74) is 2.83. The van der Waals surface area contributed by atoms with Crippen molar-refractivity contribution in [2.24, 2.45) is 5.92 Å². The highest BCUT2D eigenvalue weighted by Gasteiger charge is 2.09. The average Bonchev–Trinajstić information content (AvgIpc) is 2.39. The van der Waals surface area contributed by atoms with Gasteiger partial charge in [0.15, 0.2) is 0 Å². The van der Waals surface area contributed by atoms with Crippen LogP contribution in [0.25, 0.3) is 0 Å². The lowest BCUT2D eigenvalue weighted by atomic mass is 10.1. The van der Waals surface area contributed by atoms with Crippen molar-refractivity contribution in [1.29, 1.82) is 0 Å². The van der Waals surface area contributed by atoms with E-state index in [1.165, 1.54) is 23.3 Å². The van der Waals surface area contributed by atoms with Crippen molar-refractivity contribution in [3.63, 3.8) is 0 Å². The van der Waals surface area contributed by atoms with Gasteiger partial charge in [-0.2, -0.15) is 11.8 Å². The molecule has 1 atom stereocenters. The van der Waals surface area contributed by atoms with E-state index in [2.05, 4.69) is 69.2 Å². The summed E-state index contributed by atoms with van der Waals surface area (Å²) in [6, 6.07) is 9.51. The van der Waals surface area contributed by atoms with Crippen molar-refractivity contribution in [2.75, 3.05) is 18.6 Å². The third-order valence-corrected chi connectivity index (χ3v) is 4.36. The quantitative estimate of drug-likeness (QED) is 0.704. The summed E-state index contributed by atoms with van der Waals surface area (Å²) in [6.07, 6.45) is 2.43. The predicted molar refractivity (Wildman–Crippen MR) is 84.4 cm³/mol. The molecule has 2 heteroatoms. The molecule has 18 heavy (non-hydrogen) atoms. The van der Waals surface area contributed by atoms with Gasteiger partial charge in [-0.1, -0.05) is 45.0 Å². The molecule has 0 amide bonds. The molecule has 1 N–H and O–H groups in total. The highest BCUT2D eigenvalue weighted by atomic mass is 32.2. The van der Waals surface area contributed by atoms with Gasteiger partial charge in [0.2, 0.25) is 0 Å². The molecular weight excluding hydrogens is 238 g/mol. The maximum absolute atomic E-state index is 3.42. The Hall–Kier alpha value is -0.470. The Balaban J connectivity index is 2.44. The van der Waals surface area contributed by atoms with E-state index in [0.29, 0.717) is 6.04 Å². The highest BCUT2D eigenvalue weighted by molar-refractivity contribution is 7.99. The molecule has 1 aromatic carbocycles. The Morgan fingerprint density at radius 2 is 1.83 bits per heavy atom. The van der Waals surface area contributed by atoms with Crippen LogP contribution in [-0.4, -0.2) is 18.6 Å². The van der Waals surface area contributed by atoms with E-state index in [1.54, 1.807) is 0 Å². The minimum Gasteiger partial charge on any atom is -0.312 e. The smallest absolute Gasteiger partial charge is 0.0409 e. The number of hydrogen-bond acceptors (Lipinski definition) is 2. The summed E-state index contributed by atoms with van der Waals surface area (Å²) in [5.74, 6) is 3.24. The van der Waals surface area contributed by atoms with Crippen molar-refractivity contribution >= 4 is 11.8 Å². The number of benzene rings is 1. The number of nitrogens with one attached hydrogen (secondary N) is 1. The molecule has 0 aliphatic rings. The molecule has 1 aromatic rings. The largest absolute Gasteiger partial charge is 0.312 e. The summed E-state index contributed by atoms with van der Waals surface area (Å²) in [6.45, 7) is 6.78. The van der Waals surface area contributed by atoms with E-state index < -0.39 is 0 Å². The van der Waals surface area contributed by atoms with Gasteiger partial charge < -0.3 is 5.32 Å². The average molecular weight is 265 g/mol. The Kier molecular flexibility index (Phi) is 7.45. The molecule has 0 heterocycles. The van der Waals surface area contributed by atoms with Crippen LogP contribution in [0.4, 0.5) is 0 Å². The van der Waals surface area contributed by atoms with Gasteiger partial charge in [0.25, 0.3) is 0 Å². The fraction of sp³-hybridized carbons (Fsp3) is 0.625. The van der Waals surface area contributed by atoms with E-state index >= 15 is 0 Å². The molecule has 0 spiro atoms. The van der Waals surface area contributed by atoms with Gasteiger partial charge in [0, 0.05) is 11.8 Å². The lowest BCUT2D eigenvalue weighted by Gasteiger charge is -2.17. The fourth-order valence-electron chi connectivity index (χ4n) is 1.85. The van der Waals surface area contributed by atoms with Crippen LogP contribution in [0.2, 0.25) is 0 Å². The van der Waals surface area contributed by atoms with Gasteiger partial charge in [-0.05, 0) is 42.7 Å². The molecule has 1 nitrogen and oxygen atoms in total. The van der Waals surface area contributed by atoms with Gasteiger partial charge in [0.1, 0.15) is 0 Å². The molecule has 0 aliphatic heterocycles. The van der Waals surface area contributed by atoms with Gasteiger partial charge in [0.05, 0.1) is 0 Å². The molecule has 0 saturated carbocycles. The van der Waals surface area contributed by atoms with Crippen molar-refractivity contribution in [1.82, 2.24) is 5.32 Å². The van der Waals surface area contributed by atoms with E-state index in [0.717, 1.165) is 18.1 Å². The van der Waals surface area contributed by atoms with E-state index in [9.17, 15) is 0 Å². The molecule has 0 bridgehead atoms. The van der Waals surface area contributed by atoms with Gasteiger partial charge >= 0.3 is 0 Å². The Labute approximate surface area is 117 Å². The number of thioether (sulfide) groups is 1. The van der Waals surface area contributed by atoms with Gasteiger partial charge in [-0.15, -0.1) is 0 Å². The summed E-state index contributed by atoms with van der Waals surface area (Å²) < 4.78 is 0. The van der Waals surface area contributed by atoms with Crippen molar-refractivity contribution in [3.8, 4) is 0 Å². The van der Waals surface area contributed by atoms with Crippen LogP contribution >= 0.6 is 11.8 Å². The first kappa shape index (κ1) is 15.6. The summed E-state index contributed by atoms with van der Waals surface area (Å²) in [7, 11) is 2.06. The monoisotopic (exact) mass is 265 g/mol. The molecule has 1 unspecified atom stereocenters. The lowest BCUT2D eigenvalue weighted by molar-refractivity contribution is 0.628. The zero-order chi connectivity index (χ0) is 13.4. The number of rotatable bonds is 8. The van der Waals surface area contributed by atoms with Crippen molar-refractivity contribution < 1.29 is 0 Å². The Morgan fingerprint density at radius 1 is 1.17 bits per heavy atom. The molecular formula is C16H27NS. The van der Waals surface area contributed by atoms with Gasteiger partial charge in [-0.25, -0.2) is 0 Å².